The Kier molecular flexibility index (Phi) is 4.08. The van der Waals surface area contributed by atoms with Crippen molar-refractivity contribution in [3.8, 4) is 0 Å². The van der Waals surface area contributed by atoms with E-state index < -0.39 is 0 Å². The van der Waals surface area contributed by atoms with Gasteiger partial charge in [-0.1, -0.05) is 24.6 Å². The molecule has 0 amide bonds. The van der Waals surface area contributed by atoms with Gasteiger partial charge < -0.3 is 0 Å². The van der Waals surface area contributed by atoms with Gasteiger partial charge in [0, 0.05) is 10.9 Å². The molecule has 1 aliphatic heterocycles. The number of fused-ring (bicyclic) bond motifs is 1. The molecule has 3 rings (SSSR count). The number of hydrogen-bond acceptors (Lipinski definition) is 3. The summed E-state index contributed by atoms with van der Waals surface area (Å²) in [5, 5.41) is 1.35. The quantitative estimate of drug-likeness (QED) is 0.824. The number of aryl methyl sites for hydroxylation is 1. The van der Waals surface area contributed by atoms with E-state index in [1.807, 2.05) is 0 Å². The van der Waals surface area contributed by atoms with Crippen LogP contribution in [0.4, 0.5) is 0 Å². The van der Waals surface area contributed by atoms with Gasteiger partial charge in [0.2, 0.25) is 0 Å². The summed E-state index contributed by atoms with van der Waals surface area (Å²) >= 11 is 1.64. The van der Waals surface area contributed by atoms with Crippen LogP contribution in [0, 0.1) is 0 Å². The standard InChI is InChI=1S/C17H24N2S/c1-17(2,19-12-6-3-7-13-19)11-10-15-14-8-4-5-9-16(14)20-18-15/h4-5,8-9H,3,6-7,10-13H2,1-2H3. The highest BCUT2D eigenvalue weighted by Crippen LogP contribution is 2.28. The van der Waals surface area contributed by atoms with E-state index >= 15 is 0 Å². The third-order valence-corrected chi connectivity index (χ3v) is 5.50. The maximum absolute atomic E-state index is 4.67. The van der Waals surface area contributed by atoms with Crippen molar-refractivity contribution in [3.05, 3.63) is 30.0 Å². The Bertz CT molecular complexity index is 567. The molecule has 20 heavy (non-hydrogen) atoms. The Hall–Kier alpha value is -0.930. The van der Waals surface area contributed by atoms with Crippen LogP contribution < -0.4 is 0 Å². The number of aromatic nitrogens is 1. The van der Waals surface area contributed by atoms with Crippen molar-refractivity contribution in [2.24, 2.45) is 0 Å². The molecule has 2 aromatic rings. The summed E-state index contributed by atoms with van der Waals surface area (Å²) in [5.74, 6) is 0. The van der Waals surface area contributed by atoms with Crippen LogP contribution in [0.25, 0.3) is 10.1 Å². The molecule has 3 heteroatoms. The van der Waals surface area contributed by atoms with Gasteiger partial charge in [0.15, 0.2) is 0 Å². The lowest BCUT2D eigenvalue weighted by molar-refractivity contribution is 0.0882. The molecule has 0 N–H and O–H groups in total. The molecular formula is C17H24N2S. The van der Waals surface area contributed by atoms with Crippen LogP contribution in [0.15, 0.2) is 24.3 Å². The number of nitrogens with zero attached hydrogens (tertiary/aromatic N) is 2. The van der Waals surface area contributed by atoms with E-state index in [1.54, 1.807) is 11.5 Å². The summed E-state index contributed by atoms with van der Waals surface area (Å²) in [6.07, 6.45) is 6.42. The highest BCUT2D eigenvalue weighted by molar-refractivity contribution is 7.13. The molecule has 0 bridgehead atoms. The summed E-state index contributed by atoms with van der Waals surface area (Å²) in [4.78, 5) is 2.67. The first-order chi connectivity index (χ1) is 9.67. The van der Waals surface area contributed by atoms with Gasteiger partial charge in [-0.3, -0.25) is 4.90 Å². The smallest absolute Gasteiger partial charge is 0.0621 e. The molecule has 2 nitrogen and oxygen atoms in total. The molecule has 0 radical (unpaired) electrons. The van der Waals surface area contributed by atoms with Crippen LogP contribution in [-0.2, 0) is 6.42 Å². The number of benzene rings is 1. The van der Waals surface area contributed by atoms with Gasteiger partial charge >= 0.3 is 0 Å². The minimum absolute atomic E-state index is 0.297. The molecule has 0 saturated carbocycles. The summed E-state index contributed by atoms with van der Waals surface area (Å²) < 4.78 is 5.98. The lowest BCUT2D eigenvalue weighted by atomic mass is 9.92. The number of piperidine rings is 1. The molecule has 2 heterocycles. The molecule has 108 valence electrons. The monoisotopic (exact) mass is 288 g/mol. The van der Waals surface area contributed by atoms with Crippen molar-refractivity contribution in [2.75, 3.05) is 13.1 Å². The van der Waals surface area contributed by atoms with E-state index in [9.17, 15) is 0 Å². The highest BCUT2D eigenvalue weighted by Gasteiger charge is 2.27. The second-order valence-electron chi connectivity index (χ2n) is 6.49. The fourth-order valence-corrected chi connectivity index (χ4v) is 4.02. The van der Waals surface area contributed by atoms with Gasteiger partial charge in [-0.25, -0.2) is 0 Å². The van der Waals surface area contributed by atoms with Crippen LogP contribution in [0.2, 0.25) is 0 Å². The number of likely N-dealkylation sites (tertiary alicyclic amines) is 1. The zero-order chi connectivity index (χ0) is 14.0. The predicted molar refractivity (Wildman–Crippen MR) is 87.4 cm³/mol. The first-order valence-electron chi connectivity index (χ1n) is 7.75. The van der Waals surface area contributed by atoms with E-state index in [1.165, 1.54) is 54.6 Å². The van der Waals surface area contributed by atoms with Crippen molar-refractivity contribution in [2.45, 2.75) is 51.5 Å². The molecule has 1 fully saturated rings. The van der Waals surface area contributed by atoms with Crippen LogP contribution in [-0.4, -0.2) is 27.9 Å². The minimum atomic E-state index is 0.297. The fourth-order valence-electron chi connectivity index (χ4n) is 3.20. The maximum Gasteiger partial charge on any atom is 0.0621 e. The van der Waals surface area contributed by atoms with Crippen molar-refractivity contribution < 1.29 is 0 Å². The topological polar surface area (TPSA) is 16.1 Å². The zero-order valence-corrected chi connectivity index (χ0v) is 13.4. The molecule has 0 spiro atoms. The molecule has 0 atom stereocenters. The van der Waals surface area contributed by atoms with E-state index in [-0.39, 0.29) is 0 Å². The fraction of sp³-hybridized carbons (Fsp3) is 0.588. The van der Waals surface area contributed by atoms with Crippen LogP contribution in [0.3, 0.4) is 0 Å². The van der Waals surface area contributed by atoms with Gasteiger partial charge in [-0.05, 0) is 70.2 Å². The second kappa shape index (κ2) is 5.82. The predicted octanol–water partition coefficient (Wildman–Crippen LogP) is 4.49. The van der Waals surface area contributed by atoms with Crippen molar-refractivity contribution in [1.82, 2.24) is 9.27 Å². The Labute approximate surface area is 126 Å². The molecule has 0 aliphatic carbocycles. The Morgan fingerprint density at radius 3 is 2.70 bits per heavy atom. The van der Waals surface area contributed by atoms with Crippen molar-refractivity contribution in [3.63, 3.8) is 0 Å². The number of hydrogen-bond donors (Lipinski definition) is 0. The average molecular weight is 288 g/mol. The lowest BCUT2D eigenvalue weighted by Gasteiger charge is -2.41. The lowest BCUT2D eigenvalue weighted by Crippen LogP contribution is -2.46. The van der Waals surface area contributed by atoms with E-state index in [0.717, 1.165) is 6.42 Å². The van der Waals surface area contributed by atoms with Crippen molar-refractivity contribution in [1.29, 1.82) is 0 Å². The van der Waals surface area contributed by atoms with Gasteiger partial charge in [-0.2, -0.15) is 4.37 Å². The summed E-state index contributed by atoms with van der Waals surface area (Å²) in [5.41, 5.74) is 1.58. The second-order valence-corrected chi connectivity index (χ2v) is 7.29. The summed E-state index contributed by atoms with van der Waals surface area (Å²) in [6.45, 7) is 7.33. The molecule has 1 aliphatic rings. The summed E-state index contributed by atoms with van der Waals surface area (Å²) in [6, 6.07) is 8.60. The first kappa shape index (κ1) is 14.0. The van der Waals surface area contributed by atoms with Gasteiger partial charge in [0.1, 0.15) is 0 Å². The van der Waals surface area contributed by atoms with E-state index in [0.29, 0.717) is 5.54 Å². The average Bonchev–Trinajstić information content (AvgIpc) is 2.89. The first-order valence-corrected chi connectivity index (χ1v) is 8.52. The van der Waals surface area contributed by atoms with Crippen LogP contribution >= 0.6 is 11.5 Å². The minimum Gasteiger partial charge on any atom is -0.298 e. The van der Waals surface area contributed by atoms with E-state index in [2.05, 4.69) is 47.4 Å². The SMILES string of the molecule is CC(C)(CCc1nsc2ccccc12)N1CCCCC1. The third-order valence-electron chi connectivity index (χ3n) is 4.64. The molecular weight excluding hydrogens is 264 g/mol. The molecule has 1 aromatic carbocycles. The van der Waals surface area contributed by atoms with Gasteiger partial charge in [0.05, 0.1) is 10.4 Å². The van der Waals surface area contributed by atoms with Crippen molar-refractivity contribution >= 4 is 21.6 Å². The summed E-state index contributed by atoms with van der Waals surface area (Å²) in [7, 11) is 0. The number of rotatable bonds is 4. The molecule has 1 aromatic heterocycles. The third kappa shape index (κ3) is 2.89. The maximum atomic E-state index is 4.67. The highest BCUT2D eigenvalue weighted by atomic mass is 32.1. The molecule has 0 unspecified atom stereocenters. The normalized spacial score (nSPS) is 17.7. The van der Waals surface area contributed by atoms with Crippen LogP contribution in [0.5, 0.6) is 0 Å². The molecule has 1 saturated heterocycles. The van der Waals surface area contributed by atoms with Gasteiger partial charge in [-0.15, -0.1) is 0 Å². The van der Waals surface area contributed by atoms with E-state index in [4.69, 9.17) is 0 Å². The van der Waals surface area contributed by atoms with Crippen LogP contribution in [0.1, 0.15) is 45.2 Å². The largest absolute Gasteiger partial charge is 0.298 e. The Morgan fingerprint density at radius 1 is 1.15 bits per heavy atom. The Balaban J connectivity index is 1.69. The van der Waals surface area contributed by atoms with Gasteiger partial charge in [0.25, 0.3) is 0 Å². The zero-order valence-electron chi connectivity index (χ0n) is 12.6. The Morgan fingerprint density at radius 2 is 1.90 bits per heavy atom.